The van der Waals surface area contributed by atoms with Crippen molar-refractivity contribution >= 4 is 23.8 Å². The molecule has 21 heteroatoms. The van der Waals surface area contributed by atoms with Crippen LogP contribution in [-0.2, 0) is 32.3 Å². The zero-order valence-corrected chi connectivity index (χ0v) is 25.2. The molecule has 1 atom stereocenters. The second-order valence-corrected chi connectivity index (χ2v) is 11.2. The maximum atomic E-state index is 13.0. The van der Waals surface area contributed by atoms with E-state index in [-0.39, 0.29) is 16.7 Å². The smallest absolute Gasteiger partial charge is 0.475 e. The Kier molecular flexibility index (Phi) is 13.6. The third-order valence-electron chi connectivity index (χ3n) is 7.96. The van der Waals surface area contributed by atoms with Crippen LogP contribution >= 0.6 is 0 Å². The van der Waals surface area contributed by atoms with E-state index < -0.39 is 36.4 Å². The number of alkyl halides is 9. The molecule has 5 rings (SSSR count). The number of aliphatic carboxylic acids is 3. The van der Waals surface area contributed by atoms with Crippen molar-refractivity contribution in [2.45, 2.75) is 50.9 Å². The van der Waals surface area contributed by atoms with E-state index in [1.165, 1.54) is 11.1 Å². The first-order chi connectivity index (χ1) is 22.5. The number of hydrogen-bond acceptors (Lipinski definition) is 8. The van der Waals surface area contributed by atoms with Gasteiger partial charge in [-0.15, -0.1) is 0 Å². The quantitative estimate of drug-likeness (QED) is 0.334. The molecule has 1 unspecified atom stereocenters. The third kappa shape index (κ3) is 11.6. The number of aromatic nitrogens is 1. The number of fused-ring (bicyclic) bond motifs is 1. The first-order valence-electron chi connectivity index (χ1n) is 14.1. The Morgan fingerprint density at radius 2 is 1.31 bits per heavy atom. The first kappa shape index (κ1) is 40.8. The molecule has 2 aromatic heterocycles. The Morgan fingerprint density at radius 1 is 0.796 bits per heavy atom. The Morgan fingerprint density at radius 3 is 1.69 bits per heavy atom. The fourth-order valence-corrected chi connectivity index (χ4v) is 5.79. The van der Waals surface area contributed by atoms with Gasteiger partial charge in [-0.05, 0) is 50.0 Å². The molecule has 3 aliphatic rings. The van der Waals surface area contributed by atoms with Crippen LogP contribution < -0.4 is 5.32 Å². The molecular formula is C28H31F9N4O8. The first-order valence-corrected chi connectivity index (χ1v) is 14.1. The van der Waals surface area contributed by atoms with Gasteiger partial charge >= 0.3 is 36.4 Å². The van der Waals surface area contributed by atoms with E-state index in [1.807, 2.05) is 30.8 Å². The fraction of sp³-hybridized carbons (Fsp3) is 0.536. The predicted molar refractivity (Wildman–Crippen MR) is 146 cm³/mol. The largest absolute Gasteiger partial charge is 0.490 e. The molecule has 274 valence electrons. The van der Waals surface area contributed by atoms with Gasteiger partial charge in [-0.25, -0.2) is 14.4 Å². The molecule has 0 radical (unpaired) electrons. The maximum absolute atomic E-state index is 13.0. The van der Waals surface area contributed by atoms with Crippen LogP contribution in [0.2, 0.25) is 0 Å². The van der Waals surface area contributed by atoms with Crippen molar-refractivity contribution in [2.75, 3.05) is 32.7 Å². The van der Waals surface area contributed by atoms with Crippen LogP contribution in [0.15, 0.2) is 47.5 Å². The van der Waals surface area contributed by atoms with Crippen molar-refractivity contribution < 1.29 is 78.4 Å². The molecule has 0 saturated carbocycles. The van der Waals surface area contributed by atoms with Crippen LogP contribution in [0.1, 0.15) is 30.4 Å². The molecule has 5 heterocycles. The van der Waals surface area contributed by atoms with Crippen molar-refractivity contribution in [3.63, 3.8) is 0 Å². The molecule has 2 aromatic rings. The number of hydrogen-bond donors (Lipinski definition) is 4. The molecule has 0 aromatic carbocycles. The Bertz CT molecular complexity index is 1340. The van der Waals surface area contributed by atoms with Crippen LogP contribution in [0.5, 0.6) is 0 Å². The van der Waals surface area contributed by atoms with Gasteiger partial charge < -0.3 is 25.1 Å². The lowest BCUT2D eigenvalue weighted by Gasteiger charge is -2.46. The SMILES string of the molecule is O=C(O)C(F)(F)F.O=C(O)C(F)(F)F.O=C(O)C(F)(F)F.O=C1NCCC12CN(Cc1cccnc1)CC21CCN(Cc2ccoc2)CC1. The molecule has 0 aliphatic carbocycles. The van der Waals surface area contributed by atoms with E-state index in [1.54, 1.807) is 6.26 Å². The van der Waals surface area contributed by atoms with Crippen LogP contribution in [0.4, 0.5) is 39.5 Å². The number of nitrogens with one attached hydrogen (secondary N) is 1. The van der Waals surface area contributed by atoms with Crippen LogP contribution in [0.3, 0.4) is 0 Å². The summed E-state index contributed by atoms with van der Waals surface area (Å²) < 4.78 is 100. The molecule has 3 fully saturated rings. The number of carbonyl (C=O) groups excluding carboxylic acids is 1. The highest BCUT2D eigenvalue weighted by atomic mass is 19.4. The Balaban J connectivity index is 0.000000325. The minimum Gasteiger partial charge on any atom is -0.475 e. The molecule has 49 heavy (non-hydrogen) atoms. The third-order valence-corrected chi connectivity index (χ3v) is 7.96. The lowest BCUT2D eigenvalue weighted by molar-refractivity contribution is -0.193. The zero-order chi connectivity index (χ0) is 37.3. The summed E-state index contributed by atoms with van der Waals surface area (Å²) in [6.45, 7) is 6.60. The highest BCUT2D eigenvalue weighted by molar-refractivity contribution is 5.86. The van der Waals surface area contributed by atoms with E-state index in [4.69, 9.17) is 34.1 Å². The van der Waals surface area contributed by atoms with Crippen molar-refractivity contribution in [1.29, 1.82) is 0 Å². The average molecular weight is 723 g/mol. The standard InChI is InChI=1S/C22H28N4O2.3C2HF3O2/c27-20-22(4-8-24-20)17-26(13-18-2-1-7-23-12-18)16-21(22)5-9-25(10-6-21)14-19-3-11-28-15-19;3*3-2(4,5)1(6)7/h1-3,7,11-12,15H,4-6,8-10,13-14,16-17H2,(H,24,27);3*(H,6,7). The van der Waals surface area contributed by atoms with Gasteiger partial charge in [0.25, 0.3) is 0 Å². The van der Waals surface area contributed by atoms with Gasteiger partial charge in [-0.3, -0.25) is 19.6 Å². The number of amides is 1. The predicted octanol–water partition coefficient (Wildman–Crippen LogP) is 4.18. The van der Waals surface area contributed by atoms with Gasteiger partial charge in [0.15, 0.2) is 0 Å². The lowest BCUT2D eigenvalue weighted by Crippen LogP contribution is -2.52. The monoisotopic (exact) mass is 722 g/mol. The molecule has 3 saturated heterocycles. The number of furan rings is 1. The summed E-state index contributed by atoms with van der Waals surface area (Å²) in [7, 11) is 0. The number of carbonyl (C=O) groups is 4. The highest BCUT2D eigenvalue weighted by Crippen LogP contribution is 2.56. The van der Waals surface area contributed by atoms with Crippen LogP contribution in [0.25, 0.3) is 0 Å². The molecule has 1 amide bonds. The summed E-state index contributed by atoms with van der Waals surface area (Å²) in [5.41, 5.74) is 2.32. The van der Waals surface area contributed by atoms with Gasteiger partial charge in [0, 0.05) is 56.1 Å². The van der Waals surface area contributed by atoms with Gasteiger partial charge in [0.2, 0.25) is 5.91 Å². The molecule has 2 spiro atoms. The van der Waals surface area contributed by atoms with Gasteiger partial charge in [-0.1, -0.05) is 6.07 Å². The Hall–Kier alpha value is -4.40. The number of carboxylic acids is 3. The van der Waals surface area contributed by atoms with Crippen molar-refractivity contribution in [1.82, 2.24) is 20.1 Å². The Labute approximate surface area is 271 Å². The van der Waals surface area contributed by atoms with Crippen molar-refractivity contribution in [2.24, 2.45) is 10.8 Å². The fourth-order valence-electron chi connectivity index (χ4n) is 5.79. The maximum Gasteiger partial charge on any atom is 0.490 e. The van der Waals surface area contributed by atoms with E-state index in [2.05, 4.69) is 26.2 Å². The lowest BCUT2D eigenvalue weighted by atomic mass is 9.60. The average Bonchev–Trinajstić information content (AvgIpc) is 3.71. The van der Waals surface area contributed by atoms with Gasteiger partial charge in [0.05, 0.1) is 17.9 Å². The van der Waals surface area contributed by atoms with Crippen LogP contribution in [0, 0.1) is 10.8 Å². The summed E-state index contributed by atoms with van der Waals surface area (Å²) in [5, 5.41) is 24.5. The number of carboxylic acid groups (broad SMARTS) is 3. The molecular weight excluding hydrogens is 691 g/mol. The van der Waals surface area contributed by atoms with E-state index in [0.717, 1.165) is 65.1 Å². The highest BCUT2D eigenvalue weighted by Gasteiger charge is 2.63. The van der Waals surface area contributed by atoms with Crippen LogP contribution in [-0.4, -0.2) is 105 Å². The number of pyridine rings is 1. The summed E-state index contributed by atoms with van der Waals surface area (Å²) in [5.74, 6) is -7.99. The number of nitrogens with zero attached hydrogens (tertiary/aromatic N) is 3. The molecule has 0 bridgehead atoms. The van der Waals surface area contributed by atoms with E-state index >= 15 is 0 Å². The summed E-state index contributed by atoms with van der Waals surface area (Å²) in [6, 6.07) is 6.17. The van der Waals surface area contributed by atoms with Crippen molar-refractivity contribution in [3.05, 3.63) is 54.2 Å². The number of rotatable bonds is 4. The van der Waals surface area contributed by atoms with E-state index in [9.17, 15) is 44.3 Å². The van der Waals surface area contributed by atoms with Crippen molar-refractivity contribution in [3.8, 4) is 0 Å². The molecule has 12 nitrogen and oxygen atoms in total. The molecule has 4 N–H and O–H groups in total. The summed E-state index contributed by atoms with van der Waals surface area (Å²) in [4.78, 5) is 49.0. The van der Waals surface area contributed by atoms with E-state index in [0.29, 0.717) is 0 Å². The second-order valence-electron chi connectivity index (χ2n) is 11.2. The number of halogens is 9. The van der Waals surface area contributed by atoms with Gasteiger partial charge in [0.1, 0.15) is 0 Å². The summed E-state index contributed by atoms with van der Waals surface area (Å²) >= 11 is 0. The minimum absolute atomic E-state index is 0.0860. The summed E-state index contributed by atoms with van der Waals surface area (Å²) in [6.07, 6.45) is -4.77. The normalized spacial score (nSPS) is 20.6. The van der Waals surface area contributed by atoms with Gasteiger partial charge in [-0.2, -0.15) is 39.5 Å². The topological polar surface area (TPSA) is 174 Å². The second kappa shape index (κ2) is 16.3. The minimum atomic E-state index is -5.08. The zero-order valence-electron chi connectivity index (χ0n) is 25.2. The number of likely N-dealkylation sites (tertiary alicyclic amines) is 2. The molecule has 3 aliphatic heterocycles. The number of piperidine rings is 1.